The molecule has 1 heterocycles. The quantitative estimate of drug-likeness (QED) is 0.151. The van der Waals surface area contributed by atoms with Gasteiger partial charge < -0.3 is 42.7 Å². The molecule has 0 aromatic heterocycles. The number of aliphatic hydroxyl groups excluding tert-OH is 5. The van der Waals surface area contributed by atoms with E-state index < -0.39 is 52.1 Å². The summed E-state index contributed by atoms with van der Waals surface area (Å²) in [6, 6.07) is 5.87. The van der Waals surface area contributed by atoms with Crippen LogP contribution in [0, 0.1) is 10.1 Å². The first-order valence-electron chi connectivity index (χ1n) is 8.14. The predicted octanol–water partition coefficient (Wildman–Crippen LogP) is -4.45. The van der Waals surface area contributed by atoms with Gasteiger partial charge in [-0.15, -0.1) is 0 Å². The maximum atomic E-state index is 10.8. The molecular weight excluding hydrogens is 402 g/mol. The van der Waals surface area contributed by atoms with Crippen molar-refractivity contribution in [3.8, 4) is 0 Å². The fraction of sp³-hybridized carbons (Fsp3) is 0.625. The fourth-order valence-electron chi connectivity index (χ4n) is 2.87. The molecular formula is C16H24ClNO8S. The Morgan fingerprint density at radius 1 is 1.33 bits per heavy atom. The number of nitro groups is 1. The summed E-state index contributed by atoms with van der Waals surface area (Å²) in [5, 5.41) is 59.0. The van der Waals surface area contributed by atoms with Crippen LogP contribution < -0.4 is 12.4 Å². The molecule has 2 rings (SSSR count). The van der Waals surface area contributed by atoms with E-state index in [2.05, 4.69) is 0 Å². The Morgan fingerprint density at radius 3 is 2.63 bits per heavy atom. The monoisotopic (exact) mass is 425 g/mol. The molecule has 1 saturated heterocycles. The van der Waals surface area contributed by atoms with Crippen molar-refractivity contribution in [1.82, 2.24) is 0 Å². The molecule has 0 aliphatic carbocycles. The van der Waals surface area contributed by atoms with Gasteiger partial charge in [0, 0.05) is 23.0 Å². The van der Waals surface area contributed by atoms with E-state index in [9.17, 15) is 35.6 Å². The van der Waals surface area contributed by atoms with E-state index in [0.29, 0.717) is 5.56 Å². The number of hydrogen-bond acceptors (Lipinski definition) is 8. The number of hydrogen-bond donors (Lipinski definition) is 5. The minimum absolute atomic E-state index is 0. The first-order chi connectivity index (χ1) is 12.4. The third kappa shape index (κ3) is 6.26. The molecule has 1 fully saturated rings. The zero-order valence-corrected chi connectivity index (χ0v) is 16.0. The molecule has 0 bridgehead atoms. The number of nitro benzene ring substituents is 1. The van der Waals surface area contributed by atoms with E-state index in [1.807, 2.05) is 0 Å². The first kappa shape index (κ1) is 24.1. The predicted molar refractivity (Wildman–Crippen MR) is 94.8 cm³/mol. The summed E-state index contributed by atoms with van der Waals surface area (Å²) in [4.78, 5) is 10.3. The van der Waals surface area contributed by atoms with E-state index >= 15 is 0 Å². The van der Waals surface area contributed by atoms with Crippen molar-refractivity contribution in [2.24, 2.45) is 0 Å². The molecule has 9 nitrogen and oxygen atoms in total. The zero-order valence-electron chi connectivity index (χ0n) is 14.4. The molecule has 27 heavy (non-hydrogen) atoms. The molecule has 0 spiro atoms. The Morgan fingerprint density at radius 2 is 2.04 bits per heavy atom. The zero-order chi connectivity index (χ0) is 19.3. The van der Waals surface area contributed by atoms with Crippen LogP contribution in [0.4, 0.5) is 5.69 Å². The fourth-order valence-corrected chi connectivity index (χ4v) is 5.57. The third-order valence-corrected chi connectivity index (χ3v) is 7.17. The molecule has 1 aromatic rings. The summed E-state index contributed by atoms with van der Waals surface area (Å²) in [6.07, 6.45) is -3.96. The molecule has 0 radical (unpaired) electrons. The van der Waals surface area contributed by atoms with Crippen molar-refractivity contribution in [3.63, 3.8) is 0 Å². The maximum Gasteiger partial charge on any atom is 0.269 e. The van der Waals surface area contributed by atoms with Crippen LogP contribution in [0.25, 0.3) is 0 Å². The molecule has 1 aliphatic rings. The highest BCUT2D eigenvalue weighted by Gasteiger charge is 2.50. The van der Waals surface area contributed by atoms with Crippen LogP contribution >= 0.6 is 0 Å². The topological polar surface area (TPSA) is 154 Å². The Bertz CT molecular complexity index is 610. The highest BCUT2D eigenvalue weighted by atomic mass is 35.5. The molecule has 1 aliphatic heterocycles. The van der Waals surface area contributed by atoms with Crippen LogP contribution in [-0.2, 0) is 22.2 Å². The summed E-state index contributed by atoms with van der Waals surface area (Å²) < 4.78 is 5.50. The Kier molecular flexibility index (Phi) is 9.91. The molecule has 154 valence electrons. The van der Waals surface area contributed by atoms with Gasteiger partial charge in [0.15, 0.2) is 5.25 Å². The highest BCUT2D eigenvalue weighted by molar-refractivity contribution is 7.97. The van der Waals surface area contributed by atoms with E-state index in [1.165, 1.54) is 18.2 Å². The lowest BCUT2D eigenvalue weighted by molar-refractivity contribution is -0.385. The lowest BCUT2D eigenvalue weighted by atomic mass is 10.2. The summed E-state index contributed by atoms with van der Waals surface area (Å²) in [6.45, 7) is -0.777. The van der Waals surface area contributed by atoms with E-state index in [0.717, 1.165) is 0 Å². The Hall–Kier alpha value is -0.980. The van der Waals surface area contributed by atoms with Gasteiger partial charge in [-0.3, -0.25) is 10.1 Å². The van der Waals surface area contributed by atoms with Crippen LogP contribution in [0.2, 0.25) is 0 Å². The SMILES string of the molecule is O=[N+]([O-])c1cccc(CO[C@@H](CO)C(O)C[S+]2C[C@@H](O)[C@H](O)[C@H]2CO)c1.[Cl-]. The minimum Gasteiger partial charge on any atom is -1.00 e. The summed E-state index contributed by atoms with van der Waals surface area (Å²) in [7, 11) is -0.616. The van der Waals surface area contributed by atoms with Crippen LogP contribution in [0.3, 0.4) is 0 Å². The summed E-state index contributed by atoms with van der Waals surface area (Å²) >= 11 is 0. The number of ether oxygens (including phenoxy) is 1. The molecule has 0 saturated carbocycles. The largest absolute Gasteiger partial charge is 1.00 e. The van der Waals surface area contributed by atoms with E-state index in [4.69, 9.17) is 4.74 Å². The number of halogens is 1. The summed E-state index contributed by atoms with van der Waals surface area (Å²) in [5.41, 5.74) is 0.459. The maximum absolute atomic E-state index is 10.8. The van der Waals surface area contributed by atoms with Crippen LogP contribution in [0.5, 0.6) is 0 Å². The van der Waals surface area contributed by atoms with Gasteiger partial charge in [0.1, 0.15) is 35.9 Å². The van der Waals surface area contributed by atoms with Crippen molar-refractivity contribution in [2.75, 3.05) is 24.7 Å². The number of aliphatic hydroxyl groups is 5. The standard InChI is InChI=1S/C16H24NO8S.ClH/c18-5-14(25-7-10-2-1-3-11(4-10)17(23)24)12(20)8-26-9-13(21)16(22)15(26)6-19;/h1-4,12-16,18-22H,5-9H2;1H/q+1;/p-1/t12?,13-,14+,15-,16+,26?;/m1./s1. The van der Waals surface area contributed by atoms with E-state index in [-0.39, 0.29) is 42.8 Å². The van der Waals surface area contributed by atoms with Crippen LogP contribution in [-0.4, -0.2) is 84.8 Å². The molecule has 0 amide bonds. The number of non-ortho nitro benzene ring substituents is 1. The number of benzene rings is 1. The second-order valence-corrected chi connectivity index (χ2v) is 8.52. The Labute approximate surface area is 165 Å². The smallest absolute Gasteiger partial charge is 0.269 e. The molecule has 6 atom stereocenters. The lowest BCUT2D eigenvalue weighted by Gasteiger charge is -2.22. The van der Waals surface area contributed by atoms with Crippen LogP contribution in [0.15, 0.2) is 24.3 Å². The second-order valence-electron chi connectivity index (χ2n) is 6.18. The second kappa shape index (κ2) is 11.1. The van der Waals surface area contributed by atoms with Gasteiger partial charge >= 0.3 is 0 Å². The van der Waals surface area contributed by atoms with Crippen molar-refractivity contribution < 1.29 is 47.6 Å². The van der Waals surface area contributed by atoms with Crippen molar-refractivity contribution in [3.05, 3.63) is 39.9 Å². The first-order valence-corrected chi connectivity index (χ1v) is 9.77. The van der Waals surface area contributed by atoms with Crippen molar-refractivity contribution in [2.45, 2.75) is 36.3 Å². The average molecular weight is 426 g/mol. The normalized spacial score (nSPS) is 27.0. The average Bonchev–Trinajstić information content (AvgIpc) is 2.88. The van der Waals surface area contributed by atoms with Crippen molar-refractivity contribution >= 4 is 16.6 Å². The van der Waals surface area contributed by atoms with Crippen molar-refractivity contribution in [1.29, 1.82) is 0 Å². The van der Waals surface area contributed by atoms with Gasteiger partial charge in [0.25, 0.3) is 5.69 Å². The molecule has 2 unspecified atom stereocenters. The van der Waals surface area contributed by atoms with Gasteiger partial charge in [-0.25, -0.2) is 0 Å². The lowest BCUT2D eigenvalue weighted by Crippen LogP contribution is -3.00. The summed E-state index contributed by atoms with van der Waals surface area (Å²) in [5.74, 6) is 0.437. The number of rotatable bonds is 9. The van der Waals surface area contributed by atoms with Gasteiger partial charge in [0.2, 0.25) is 0 Å². The van der Waals surface area contributed by atoms with Gasteiger partial charge in [-0.1, -0.05) is 12.1 Å². The Balaban J connectivity index is 0.00000364. The molecule has 11 heteroatoms. The van der Waals surface area contributed by atoms with Gasteiger partial charge in [0.05, 0.1) is 24.7 Å². The minimum atomic E-state index is -1.06. The van der Waals surface area contributed by atoms with Gasteiger partial charge in [-0.2, -0.15) is 0 Å². The number of nitrogens with zero attached hydrogens (tertiary/aromatic N) is 1. The van der Waals surface area contributed by atoms with E-state index in [1.54, 1.807) is 6.07 Å². The molecule has 1 aromatic carbocycles. The molecule has 5 N–H and O–H groups in total. The van der Waals surface area contributed by atoms with Gasteiger partial charge in [-0.05, 0) is 5.56 Å². The third-order valence-electron chi connectivity index (χ3n) is 4.35. The highest BCUT2D eigenvalue weighted by Crippen LogP contribution is 2.25. The van der Waals surface area contributed by atoms with Crippen LogP contribution in [0.1, 0.15) is 5.56 Å².